The minimum absolute atomic E-state index is 0.155. The molecule has 2 N–H and O–H groups in total. The maximum absolute atomic E-state index is 12.3. The second-order valence-electron chi connectivity index (χ2n) is 7.07. The van der Waals surface area contributed by atoms with Crippen LogP contribution in [0.15, 0.2) is 15.0 Å². The first-order chi connectivity index (χ1) is 13.9. The number of nitriles is 1. The topological polar surface area (TPSA) is 128 Å². The Morgan fingerprint density at radius 3 is 2.21 bits per heavy atom. The number of anilines is 2. The summed E-state index contributed by atoms with van der Waals surface area (Å²) in [6.07, 6.45) is 0. The lowest BCUT2D eigenvalue weighted by molar-refractivity contribution is -0.120. The van der Waals surface area contributed by atoms with Gasteiger partial charge in [0.2, 0.25) is 17.7 Å². The number of hydrogen-bond donors (Lipinski definition) is 2. The molecule has 1 fully saturated rings. The van der Waals surface area contributed by atoms with E-state index in [-0.39, 0.29) is 30.8 Å². The largest absolute Gasteiger partial charge is 0.444 e. The van der Waals surface area contributed by atoms with Crippen LogP contribution in [-0.4, -0.2) is 66.0 Å². The molecule has 10 heteroatoms. The van der Waals surface area contributed by atoms with Crippen LogP contribution in [0, 0.1) is 32.1 Å². The van der Waals surface area contributed by atoms with Crippen molar-refractivity contribution in [2.75, 3.05) is 49.9 Å². The van der Waals surface area contributed by atoms with Gasteiger partial charge in [-0.2, -0.15) is 5.26 Å². The highest BCUT2D eigenvalue weighted by atomic mass is 16.5. The van der Waals surface area contributed by atoms with E-state index in [1.165, 1.54) is 0 Å². The van der Waals surface area contributed by atoms with Crippen molar-refractivity contribution in [1.82, 2.24) is 15.0 Å². The van der Waals surface area contributed by atoms with Crippen LogP contribution < -0.4 is 10.6 Å². The molecular formula is C19H24N6O4. The summed E-state index contributed by atoms with van der Waals surface area (Å²) in [5, 5.41) is 18.3. The van der Waals surface area contributed by atoms with E-state index in [0.29, 0.717) is 49.1 Å². The molecule has 10 nitrogen and oxygen atoms in total. The molecule has 0 aliphatic carbocycles. The first-order valence-electron chi connectivity index (χ1n) is 9.33. The van der Waals surface area contributed by atoms with Crippen molar-refractivity contribution in [1.29, 1.82) is 5.26 Å². The van der Waals surface area contributed by atoms with Crippen molar-refractivity contribution >= 4 is 23.5 Å². The first-order valence-corrected chi connectivity index (χ1v) is 9.33. The number of carbonyl (C=O) groups excluding carboxylic acids is 2. The third kappa shape index (κ3) is 5.22. The SMILES string of the molecule is Cc1cc(NC(=O)CN2CCN(CC(=O)Nc3oc(C)c(C)c3C#N)CC2)no1. The van der Waals surface area contributed by atoms with E-state index in [2.05, 4.69) is 21.9 Å². The third-order valence-electron chi connectivity index (χ3n) is 4.84. The second kappa shape index (κ2) is 8.89. The number of piperazine rings is 1. The molecular weight excluding hydrogens is 376 g/mol. The van der Waals surface area contributed by atoms with E-state index in [1.807, 2.05) is 9.80 Å². The summed E-state index contributed by atoms with van der Waals surface area (Å²) >= 11 is 0. The fourth-order valence-electron chi connectivity index (χ4n) is 3.14. The Bertz CT molecular complexity index is 933. The molecule has 0 radical (unpaired) electrons. The fraction of sp³-hybridized carbons (Fsp3) is 0.474. The van der Waals surface area contributed by atoms with Crippen LogP contribution >= 0.6 is 0 Å². The number of amides is 2. The predicted molar refractivity (Wildman–Crippen MR) is 104 cm³/mol. The summed E-state index contributed by atoms with van der Waals surface area (Å²) in [4.78, 5) is 28.4. The molecule has 1 saturated heterocycles. The minimum atomic E-state index is -0.233. The maximum atomic E-state index is 12.3. The molecule has 3 heterocycles. The molecule has 0 bridgehead atoms. The normalized spacial score (nSPS) is 15.1. The van der Waals surface area contributed by atoms with Gasteiger partial charge in [0, 0.05) is 37.8 Å². The van der Waals surface area contributed by atoms with Crippen LogP contribution in [0.1, 0.15) is 22.6 Å². The molecule has 2 amide bonds. The van der Waals surface area contributed by atoms with E-state index in [0.717, 1.165) is 5.56 Å². The Kier molecular flexibility index (Phi) is 6.31. The number of aryl methyl sites for hydroxylation is 2. The van der Waals surface area contributed by atoms with Crippen molar-refractivity contribution in [3.8, 4) is 6.07 Å². The van der Waals surface area contributed by atoms with Crippen LogP contribution in [0.3, 0.4) is 0 Å². The van der Waals surface area contributed by atoms with E-state index < -0.39 is 0 Å². The van der Waals surface area contributed by atoms with Gasteiger partial charge in [0.25, 0.3) is 0 Å². The highest BCUT2D eigenvalue weighted by molar-refractivity contribution is 5.92. The molecule has 0 aromatic carbocycles. The summed E-state index contributed by atoms with van der Waals surface area (Å²) in [6, 6.07) is 3.72. The molecule has 0 spiro atoms. The third-order valence-corrected chi connectivity index (χ3v) is 4.84. The van der Waals surface area contributed by atoms with Gasteiger partial charge >= 0.3 is 0 Å². The molecule has 2 aromatic rings. The van der Waals surface area contributed by atoms with Crippen molar-refractivity contribution < 1.29 is 18.5 Å². The molecule has 154 valence electrons. The van der Waals surface area contributed by atoms with Crippen LogP contribution in [0.5, 0.6) is 0 Å². The number of carbonyl (C=O) groups is 2. The van der Waals surface area contributed by atoms with Gasteiger partial charge < -0.3 is 14.3 Å². The average Bonchev–Trinajstić information content (AvgIpc) is 3.19. The Morgan fingerprint density at radius 1 is 1.10 bits per heavy atom. The zero-order chi connectivity index (χ0) is 21.0. The average molecular weight is 400 g/mol. The summed E-state index contributed by atoms with van der Waals surface area (Å²) in [5.74, 6) is 1.47. The molecule has 1 aliphatic rings. The second-order valence-corrected chi connectivity index (χ2v) is 7.07. The van der Waals surface area contributed by atoms with Crippen LogP contribution in [0.4, 0.5) is 11.7 Å². The van der Waals surface area contributed by atoms with Gasteiger partial charge in [-0.15, -0.1) is 0 Å². The molecule has 0 atom stereocenters. The Morgan fingerprint density at radius 2 is 1.69 bits per heavy atom. The molecule has 3 rings (SSSR count). The number of rotatable bonds is 6. The number of nitrogens with zero attached hydrogens (tertiary/aromatic N) is 4. The summed E-state index contributed by atoms with van der Waals surface area (Å²) in [5.41, 5.74) is 1.09. The lowest BCUT2D eigenvalue weighted by Gasteiger charge is -2.33. The summed E-state index contributed by atoms with van der Waals surface area (Å²) < 4.78 is 10.4. The lowest BCUT2D eigenvalue weighted by Crippen LogP contribution is -2.50. The zero-order valence-corrected chi connectivity index (χ0v) is 16.7. The summed E-state index contributed by atoms with van der Waals surface area (Å²) in [6.45, 7) is 8.40. The van der Waals surface area contributed by atoms with Crippen LogP contribution in [0.2, 0.25) is 0 Å². The molecule has 0 unspecified atom stereocenters. The van der Waals surface area contributed by atoms with Crippen LogP contribution in [0.25, 0.3) is 0 Å². The first kappa shape index (κ1) is 20.6. The fourth-order valence-corrected chi connectivity index (χ4v) is 3.14. The highest BCUT2D eigenvalue weighted by Crippen LogP contribution is 2.25. The van der Waals surface area contributed by atoms with E-state index >= 15 is 0 Å². The van der Waals surface area contributed by atoms with Gasteiger partial charge in [0.05, 0.1) is 13.1 Å². The molecule has 0 saturated carbocycles. The van der Waals surface area contributed by atoms with E-state index in [4.69, 9.17) is 8.94 Å². The van der Waals surface area contributed by atoms with Gasteiger partial charge in [0.1, 0.15) is 23.2 Å². The van der Waals surface area contributed by atoms with Crippen molar-refractivity contribution in [3.63, 3.8) is 0 Å². The molecule has 29 heavy (non-hydrogen) atoms. The molecule has 1 aliphatic heterocycles. The Balaban J connectivity index is 1.42. The molecule has 2 aromatic heterocycles. The number of aromatic nitrogens is 1. The number of hydrogen-bond acceptors (Lipinski definition) is 8. The standard InChI is InChI=1S/C19H24N6O4/c1-12-8-16(23-29-12)21-17(26)10-24-4-6-25(7-5-24)11-18(27)22-19-15(9-20)13(2)14(3)28-19/h8H,4-7,10-11H2,1-3H3,(H,22,27)(H,21,23,26). The van der Waals surface area contributed by atoms with Crippen LogP contribution in [-0.2, 0) is 9.59 Å². The predicted octanol–water partition coefficient (Wildman–Crippen LogP) is 1.26. The van der Waals surface area contributed by atoms with Gasteiger partial charge in [-0.05, 0) is 20.8 Å². The monoisotopic (exact) mass is 400 g/mol. The summed E-state index contributed by atoms with van der Waals surface area (Å²) in [7, 11) is 0. The Labute approximate surface area is 168 Å². The van der Waals surface area contributed by atoms with E-state index in [9.17, 15) is 14.9 Å². The lowest BCUT2D eigenvalue weighted by atomic mass is 10.2. The van der Waals surface area contributed by atoms with Crippen molar-refractivity contribution in [2.24, 2.45) is 0 Å². The minimum Gasteiger partial charge on any atom is -0.444 e. The smallest absolute Gasteiger partial charge is 0.240 e. The van der Waals surface area contributed by atoms with Gasteiger partial charge in [-0.1, -0.05) is 5.16 Å². The van der Waals surface area contributed by atoms with Gasteiger partial charge in [-0.3, -0.25) is 24.7 Å². The number of nitrogens with one attached hydrogen (secondary N) is 2. The maximum Gasteiger partial charge on any atom is 0.240 e. The quantitative estimate of drug-likeness (QED) is 0.742. The van der Waals surface area contributed by atoms with Crippen molar-refractivity contribution in [2.45, 2.75) is 20.8 Å². The number of furan rings is 1. The van der Waals surface area contributed by atoms with Gasteiger partial charge in [-0.25, -0.2) is 0 Å². The van der Waals surface area contributed by atoms with E-state index in [1.54, 1.807) is 26.8 Å². The van der Waals surface area contributed by atoms with Crippen molar-refractivity contribution in [3.05, 3.63) is 28.7 Å². The zero-order valence-electron chi connectivity index (χ0n) is 16.7. The highest BCUT2D eigenvalue weighted by Gasteiger charge is 2.22. The van der Waals surface area contributed by atoms with Gasteiger partial charge in [0.15, 0.2) is 5.82 Å². The Hall–Kier alpha value is -3.16.